The molecular formula is C12H20N2Na2O6. The fraction of sp³-hybridized carbons (Fsp3) is 0.667. The first kappa shape index (κ1) is 29.8. The van der Waals surface area contributed by atoms with Crippen LogP contribution in [-0.2, 0) is 19.2 Å². The molecule has 4 N–H and O–H groups in total. The molecule has 0 atom stereocenters. The van der Waals surface area contributed by atoms with Crippen LogP contribution in [0, 0.1) is 0 Å². The van der Waals surface area contributed by atoms with Crippen molar-refractivity contribution in [3.63, 3.8) is 0 Å². The standard InChI is InChI=1S/C8H14O4.C4H8N2O2.2Na/c9-7(10)5-3-1-2-4-6-8(11)12;5-3(7)1-2-4(6)8;;/h1-6H2,(H,9,10)(H,11,12);1-2H2,(H2,5,7)(H2,6,8);;/q;;2*+1/p-2. The zero-order valence-electron chi connectivity index (χ0n) is 13.3. The Hall–Kier alpha value is -0.120. The molecule has 10 heteroatoms. The van der Waals surface area contributed by atoms with Crippen LogP contribution in [0.5, 0.6) is 0 Å². The fourth-order valence-electron chi connectivity index (χ4n) is 1.14. The van der Waals surface area contributed by atoms with Gasteiger partial charge in [-0.15, -0.1) is 0 Å². The van der Waals surface area contributed by atoms with Crippen molar-refractivity contribution in [3.05, 3.63) is 0 Å². The van der Waals surface area contributed by atoms with Gasteiger partial charge in [-0.25, -0.2) is 0 Å². The Morgan fingerprint density at radius 3 is 1.05 bits per heavy atom. The van der Waals surface area contributed by atoms with Crippen LogP contribution in [0.15, 0.2) is 0 Å². The Bertz CT molecular complexity index is 308. The molecule has 22 heavy (non-hydrogen) atoms. The van der Waals surface area contributed by atoms with Crippen molar-refractivity contribution in [2.24, 2.45) is 11.5 Å². The van der Waals surface area contributed by atoms with Crippen LogP contribution in [-0.4, -0.2) is 23.8 Å². The molecule has 0 aromatic carbocycles. The third-order valence-corrected chi connectivity index (χ3v) is 2.13. The molecule has 0 radical (unpaired) electrons. The van der Waals surface area contributed by atoms with E-state index < -0.39 is 23.8 Å². The Balaban J connectivity index is -0.000000144. The van der Waals surface area contributed by atoms with Crippen molar-refractivity contribution in [1.29, 1.82) is 0 Å². The van der Waals surface area contributed by atoms with Gasteiger partial charge in [-0.05, 0) is 25.7 Å². The minimum atomic E-state index is -1.05. The van der Waals surface area contributed by atoms with E-state index in [2.05, 4.69) is 0 Å². The molecule has 116 valence electrons. The predicted molar refractivity (Wildman–Crippen MR) is 65.3 cm³/mol. The van der Waals surface area contributed by atoms with Crippen LogP contribution in [0.2, 0.25) is 0 Å². The zero-order valence-corrected chi connectivity index (χ0v) is 17.3. The van der Waals surface area contributed by atoms with E-state index in [1.165, 1.54) is 0 Å². The van der Waals surface area contributed by atoms with Crippen molar-refractivity contribution >= 4 is 23.8 Å². The third-order valence-electron chi connectivity index (χ3n) is 2.13. The monoisotopic (exact) mass is 334 g/mol. The average molecular weight is 334 g/mol. The van der Waals surface area contributed by atoms with Crippen LogP contribution in [0.4, 0.5) is 0 Å². The summed E-state index contributed by atoms with van der Waals surface area (Å²) >= 11 is 0. The summed E-state index contributed by atoms with van der Waals surface area (Å²) in [6.45, 7) is 0. The number of carboxylic acid groups (broad SMARTS) is 2. The second kappa shape index (κ2) is 20.9. The molecule has 0 aliphatic carbocycles. The van der Waals surface area contributed by atoms with Gasteiger partial charge in [-0.3, -0.25) is 9.59 Å². The maximum atomic E-state index is 9.92. The molecule has 0 aromatic heterocycles. The number of carboxylic acids is 2. The number of amides is 2. The van der Waals surface area contributed by atoms with Gasteiger partial charge < -0.3 is 31.3 Å². The Morgan fingerprint density at radius 2 is 0.864 bits per heavy atom. The van der Waals surface area contributed by atoms with E-state index in [-0.39, 0.29) is 84.8 Å². The Morgan fingerprint density at radius 1 is 0.591 bits per heavy atom. The molecule has 2 amide bonds. The van der Waals surface area contributed by atoms with Gasteiger partial charge in [-0.1, -0.05) is 12.8 Å². The normalized spacial score (nSPS) is 8.36. The van der Waals surface area contributed by atoms with Gasteiger partial charge in [0.05, 0.1) is 0 Å². The van der Waals surface area contributed by atoms with E-state index in [1.807, 2.05) is 0 Å². The second-order valence-corrected chi connectivity index (χ2v) is 4.09. The molecule has 0 unspecified atom stereocenters. The topological polar surface area (TPSA) is 166 Å². The molecule has 0 heterocycles. The first-order chi connectivity index (χ1) is 9.25. The quantitative estimate of drug-likeness (QED) is 0.297. The number of primary amides is 2. The molecule has 0 aromatic rings. The van der Waals surface area contributed by atoms with Crippen molar-refractivity contribution in [3.8, 4) is 0 Å². The van der Waals surface area contributed by atoms with E-state index >= 15 is 0 Å². The number of hydrogen-bond acceptors (Lipinski definition) is 6. The van der Waals surface area contributed by atoms with E-state index in [4.69, 9.17) is 11.5 Å². The molecule has 0 fully saturated rings. The smallest absolute Gasteiger partial charge is 0.550 e. The van der Waals surface area contributed by atoms with Gasteiger partial charge in [0.15, 0.2) is 0 Å². The van der Waals surface area contributed by atoms with Crippen molar-refractivity contribution in [2.45, 2.75) is 51.4 Å². The summed E-state index contributed by atoms with van der Waals surface area (Å²) in [5.74, 6) is -3.09. The summed E-state index contributed by atoms with van der Waals surface area (Å²) in [5.41, 5.74) is 9.39. The van der Waals surface area contributed by atoms with Gasteiger partial charge in [0, 0.05) is 24.8 Å². The van der Waals surface area contributed by atoms with E-state index in [0.29, 0.717) is 12.8 Å². The van der Waals surface area contributed by atoms with E-state index in [1.54, 1.807) is 0 Å². The van der Waals surface area contributed by atoms with E-state index in [0.717, 1.165) is 12.8 Å². The SMILES string of the molecule is NC(=O)CCC(N)=O.O=C([O-])CCCCCCC(=O)[O-].[Na+].[Na+]. The largest absolute Gasteiger partial charge is 1.00 e. The van der Waals surface area contributed by atoms with Crippen LogP contribution in [0.3, 0.4) is 0 Å². The molecule has 0 bridgehead atoms. The number of hydrogen-bond donors (Lipinski definition) is 2. The van der Waals surface area contributed by atoms with Gasteiger partial charge in [0.25, 0.3) is 0 Å². The summed E-state index contributed by atoms with van der Waals surface area (Å²) in [6, 6.07) is 0. The zero-order chi connectivity index (χ0) is 16.0. The number of aliphatic carboxylic acids is 2. The van der Waals surface area contributed by atoms with Crippen molar-refractivity contribution in [2.75, 3.05) is 0 Å². The summed E-state index contributed by atoms with van der Waals surface area (Å²) in [7, 11) is 0. The maximum absolute atomic E-state index is 9.92. The summed E-state index contributed by atoms with van der Waals surface area (Å²) in [4.78, 5) is 39.7. The van der Waals surface area contributed by atoms with Gasteiger partial charge >= 0.3 is 59.1 Å². The van der Waals surface area contributed by atoms with Crippen LogP contribution < -0.4 is 80.8 Å². The molecule has 0 spiro atoms. The third kappa shape index (κ3) is 36.8. The fourth-order valence-corrected chi connectivity index (χ4v) is 1.14. The van der Waals surface area contributed by atoms with Crippen LogP contribution >= 0.6 is 0 Å². The van der Waals surface area contributed by atoms with Gasteiger partial charge in [0.2, 0.25) is 11.8 Å². The van der Waals surface area contributed by atoms with Gasteiger partial charge in [0.1, 0.15) is 0 Å². The molecule has 8 nitrogen and oxygen atoms in total. The van der Waals surface area contributed by atoms with Gasteiger partial charge in [-0.2, -0.15) is 0 Å². The molecular weight excluding hydrogens is 314 g/mol. The number of unbranched alkanes of at least 4 members (excludes halogenated alkanes) is 3. The molecule has 0 aliphatic rings. The molecule has 0 aliphatic heterocycles. The van der Waals surface area contributed by atoms with E-state index in [9.17, 15) is 29.4 Å². The number of carbonyl (C=O) groups is 4. The number of nitrogens with two attached hydrogens (primary N) is 2. The second-order valence-electron chi connectivity index (χ2n) is 4.09. The first-order valence-electron chi connectivity index (χ1n) is 6.22. The molecule has 0 saturated heterocycles. The number of carbonyl (C=O) groups excluding carboxylic acids is 4. The van der Waals surface area contributed by atoms with Crippen molar-refractivity contribution < 1.29 is 88.5 Å². The average Bonchev–Trinajstić information content (AvgIpc) is 2.31. The minimum Gasteiger partial charge on any atom is -0.550 e. The number of rotatable bonds is 10. The van der Waals surface area contributed by atoms with Crippen LogP contribution in [0.25, 0.3) is 0 Å². The molecule has 0 rings (SSSR count). The maximum Gasteiger partial charge on any atom is 1.00 e. The summed E-state index contributed by atoms with van der Waals surface area (Å²) in [5, 5.41) is 19.8. The van der Waals surface area contributed by atoms with Crippen molar-refractivity contribution in [1.82, 2.24) is 0 Å². The first-order valence-corrected chi connectivity index (χ1v) is 6.22. The minimum absolute atomic E-state index is 0. The Labute approximate surface area is 174 Å². The molecule has 0 saturated carbocycles. The Kier molecular flexibility index (Phi) is 28.3. The predicted octanol–water partition coefficient (Wildman–Crippen LogP) is -8.43. The van der Waals surface area contributed by atoms with Crippen LogP contribution in [0.1, 0.15) is 51.4 Å². The summed E-state index contributed by atoms with van der Waals surface area (Å²) in [6.07, 6.45) is 2.83. The summed E-state index contributed by atoms with van der Waals surface area (Å²) < 4.78 is 0.